The molecule has 9 nitrogen and oxygen atoms in total. The minimum Gasteiger partial charge on any atom is -0.463 e. The SMILES string of the molecule is CC1(C)OCc2cc([C@@H]3CN(CCCCCCOCCCCc4cccc(CNC(=O)NC5CCCCC5)c4)C(=O)O3)ccc2O1. The Morgan fingerprint density at radius 3 is 2.59 bits per heavy atom. The van der Waals surface area contributed by atoms with Crippen LogP contribution in [0.4, 0.5) is 9.59 Å². The molecule has 3 aliphatic rings. The lowest BCUT2D eigenvalue weighted by Gasteiger charge is -2.32. The van der Waals surface area contributed by atoms with Gasteiger partial charge < -0.3 is 34.5 Å². The number of benzene rings is 2. The van der Waals surface area contributed by atoms with Crippen molar-refractivity contribution in [3.63, 3.8) is 0 Å². The molecule has 252 valence electrons. The molecule has 0 spiro atoms. The first-order chi connectivity index (χ1) is 22.3. The molecule has 0 aromatic heterocycles. The van der Waals surface area contributed by atoms with Crippen LogP contribution in [0.15, 0.2) is 42.5 Å². The van der Waals surface area contributed by atoms with Crippen LogP contribution >= 0.6 is 0 Å². The van der Waals surface area contributed by atoms with E-state index in [1.807, 2.05) is 36.9 Å². The molecule has 2 fully saturated rings. The van der Waals surface area contributed by atoms with Crippen LogP contribution in [0.5, 0.6) is 5.75 Å². The summed E-state index contributed by atoms with van der Waals surface area (Å²) < 4.78 is 23.2. The van der Waals surface area contributed by atoms with Crippen molar-refractivity contribution in [2.24, 2.45) is 0 Å². The quantitative estimate of drug-likeness (QED) is 0.185. The summed E-state index contributed by atoms with van der Waals surface area (Å²) in [6.45, 7) is 7.69. The number of aryl methyl sites for hydroxylation is 1. The predicted molar refractivity (Wildman–Crippen MR) is 178 cm³/mol. The lowest BCUT2D eigenvalue weighted by atomic mass is 9.96. The fraction of sp³-hybridized carbons (Fsp3) is 0.622. The minimum absolute atomic E-state index is 0.0577. The number of hydrogen-bond acceptors (Lipinski definition) is 6. The Kier molecular flexibility index (Phi) is 12.6. The molecule has 1 aliphatic carbocycles. The molecule has 0 bridgehead atoms. The minimum atomic E-state index is -0.625. The number of carbonyl (C=O) groups is 2. The molecule has 46 heavy (non-hydrogen) atoms. The summed E-state index contributed by atoms with van der Waals surface area (Å²) in [5, 5.41) is 6.13. The molecule has 2 aromatic rings. The third-order valence-corrected chi connectivity index (χ3v) is 9.13. The smallest absolute Gasteiger partial charge is 0.410 e. The van der Waals surface area contributed by atoms with E-state index in [1.54, 1.807) is 0 Å². The van der Waals surface area contributed by atoms with Crippen molar-refractivity contribution >= 4 is 12.1 Å². The Hall–Kier alpha value is -3.30. The number of unbranched alkanes of at least 4 members (excludes halogenated alkanes) is 4. The number of amides is 3. The van der Waals surface area contributed by atoms with E-state index in [9.17, 15) is 9.59 Å². The van der Waals surface area contributed by atoms with E-state index in [1.165, 1.54) is 24.8 Å². The van der Waals surface area contributed by atoms with Gasteiger partial charge in [0.15, 0.2) is 0 Å². The molecule has 2 aliphatic heterocycles. The highest BCUT2D eigenvalue weighted by Gasteiger charge is 2.33. The number of rotatable bonds is 16. The van der Waals surface area contributed by atoms with Crippen LogP contribution in [0, 0.1) is 0 Å². The van der Waals surface area contributed by atoms with Crippen molar-refractivity contribution in [2.75, 3.05) is 26.3 Å². The Balaban J connectivity index is 0.868. The highest BCUT2D eigenvalue weighted by molar-refractivity contribution is 5.74. The van der Waals surface area contributed by atoms with Crippen LogP contribution in [0.25, 0.3) is 0 Å². The standard InChI is InChI=1S/C37H53N3O6/c1-37(2)44-27-31-24-30(18-19-33(31)46-37)34-26-40(36(42)45-34)20-9-3-4-10-21-43-22-11-8-13-28-14-12-15-29(23-28)25-38-35(41)39-32-16-6-5-7-17-32/h12,14-15,18-19,23-24,32,34H,3-11,13,16-17,20-22,25-27H2,1-2H3,(H2,38,39,41)/t34-/m0/s1. The lowest BCUT2D eigenvalue weighted by molar-refractivity contribution is -0.180. The zero-order chi connectivity index (χ0) is 32.2. The molecule has 9 heteroatoms. The first-order valence-corrected chi connectivity index (χ1v) is 17.5. The number of hydrogen-bond donors (Lipinski definition) is 2. The summed E-state index contributed by atoms with van der Waals surface area (Å²) in [6.07, 6.45) is 12.7. The maximum Gasteiger partial charge on any atom is 0.410 e. The molecule has 1 saturated heterocycles. The molecule has 0 radical (unpaired) electrons. The molecule has 2 aromatic carbocycles. The fourth-order valence-corrected chi connectivity index (χ4v) is 6.48. The predicted octanol–water partition coefficient (Wildman–Crippen LogP) is 7.56. The first-order valence-electron chi connectivity index (χ1n) is 17.5. The number of nitrogens with one attached hydrogen (secondary N) is 2. The van der Waals surface area contributed by atoms with E-state index in [4.69, 9.17) is 18.9 Å². The van der Waals surface area contributed by atoms with Crippen molar-refractivity contribution in [1.82, 2.24) is 15.5 Å². The van der Waals surface area contributed by atoms with Gasteiger partial charge in [-0.05, 0) is 73.8 Å². The lowest BCUT2D eigenvalue weighted by Crippen LogP contribution is -2.42. The maximum absolute atomic E-state index is 12.5. The molecule has 1 saturated carbocycles. The molecule has 5 rings (SSSR count). The molecular formula is C37H53N3O6. The van der Waals surface area contributed by atoms with E-state index < -0.39 is 5.79 Å². The third kappa shape index (κ3) is 10.6. The van der Waals surface area contributed by atoms with E-state index in [0.29, 0.717) is 32.3 Å². The van der Waals surface area contributed by atoms with Crippen LogP contribution in [0.3, 0.4) is 0 Å². The Bertz CT molecular complexity index is 1280. The summed E-state index contributed by atoms with van der Waals surface area (Å²) in [5.74, 6) is 0.202. The average molecular weight is 636 g/mol. The van der Waals surface area contributed by atoms with Gasteiger partial charge in [0.2, 0.25) is 5.79 Å². The van der Waals surface area contributed by atoms with Crippen molar-refractivity contribution in [2.45, 2.75) is 122 Å². The van der Waals surface area contributed by atoms with E-state index in [0.717, 1.165) is 93.4 Å². The van der Waals surface area contributed by atoms with Gasteiger partial charge in [0.05, 0.1) is 13.2 Å². The van der Waals surface area contributed by atoms with Crippen molar-refractivity contribution in [3.05, 3.63) is 64.7 Å². The number of nitrogens with zero attached hydrogens (tertiary/aromatic N) is 1. The summed E-state index contributed by atoms with van der Waals surface area (Å²) in [5.41, 5.74) is 4.41. The molecule has 1 atom stereocenters. The Morgan fingerprint density at radius 2 is 1.74 bits per heavy atom. The van der Waals surface area contributed by atoms with Crippen LogP contribution in [0.2, 0.25) is 0 Å². The summed E-state index contributed by atoms with van der Waals surface area (Å²) in [6, 6.07) is 14.7. The largest absolute Gasteiger partial charge is 0.463 e. The molecule has 2 N–H and O–H groups in total. The summed E-state index contributed by atoms with van der Waals surface area (Å²) >= 11 is 0. The van der Waals surface area contributed by atoms with Gasteiger partial charge in [-0.2, -0.15) is 0 Å². The number of urea groups is 1. The van der Waals surface area contributed by atoms with Crippen LogP contribution in [0.1, 0.15) is 113 Å². The number of ether oxygens (including phenoxy) is 4. The highest BCUT2D eigenvalue weighted by atomic mass is 16.7. The van der Waals surface area contributed by atoms with E-state index in [2.05, 4.69) is 34.9 Å². The zero-order valence-corrected chi connectivity index (χ0v) is 27.8. The van der Waals surface area contributed by atoms with Gasteiger partial charge in [-0.15, -0.1) is 0 Å². The number of fused-ring (bicyclic) bond motifs is 1. The Morgan fingerprint density at radius 1 is 0.957 bits per heavy atom. The third-order valence-electron chi connectivity index (χ3n) is 9.13. The zero-order valence-electron chi connectivity index (χ0n) is 27.8. The second-order valence-electron chi connectivity index (χ2n) is 13.4. The topological polar surface area (TPSA) is 98.4 Å². The number of carbonyl (C=O) groups excluding carboxylic acids is 2. The summed E-state index contributed by atoms with van der Waals surface area (Å²) in [4.78, 5) is 26.5. The molecular weight excluding hydrogens is 582 g/mol. The Labute approximate surface area is 274 Å². The van der Waals surface area contributed by atoms with Crippen molar-refractivity contribution < 1.29 is 28.5 Å². The van der Waals surface area contributed by atoms with E-state index >= 15 is 0 Å². The van der Waals surface area contributed by atoms with Crippen molar-refractivity contribution in [3.8, 4) is 5.75 Å². The first kappa shape index (κ1) is 34.0. The van der Waals surface area contributed by atoms with Gasteiger partial charge >= 0.3 is 12.1 Å². The second kappa shape index (κ2) is 17.0. The van der Waals surface area contributed by atoms with Gasteiger partial charge in [-0.1, -0.05) is 62.4 Å². The van der Waals surface area contributed by atoms with E-state index in [-0.39, 0.29) is 18.2 Å². The fourth-order valence-electron chi connectivity index (χ4n) is 6.48. The highest BCUT2D eigenvalue weighted by Crippen LogP contribution is 2.35. The molecule has 0 unspecified atom stereocenters. The second-order valence-corrected chi connectivity index (χ2v) is 13.4. The van der Waals surface area contributed by atoms with Gasteiger partial charge in [-0.3, -0.25) is 0 Å². The molecule has 2 heterocycles. The monoisotopic (exact) mass is 635 g/mol. The maximum atomic E-state index is 12.5. The van der Waals surface area contributed by atoms with Crippen LogP contribution < -0.4 is 15.4 Å². The molecule has 3 amide bonds. The normalized spacial score (nSPS) is 19.3. The van der Waals surface area contributed by atoms with Gasteiger partial charge in [0, 0.05) is 51.8 Å². The summed E-state index contributed by atoms with van der Waals surface area (Å²) in [7, 11) is 0. The van der Waals surface area contributed by atoms with Crippen LogP contribution in [-0.2, 0) is 33.8 Å². The van der Waals surface area contributed by atoms with Gasteiger partial charge in [0.1, 0.15) is 11.9 Å². The average Bonchev–Trinajstić information content (AvgIpc) is 3.42. The number of cyclic esters (lactones) is 1. The van der Waals surface area contributed by atoms with Crippen molar-refractivity contribution in [1.29, 1.82) is 0 Å². The van der Waals surface area contributed by atoms with Gasteiger partial charge in [0.25, 0.3) is 0 Å². The van der Waals surface area contributed by atoms with Gasteiger partial charge in [-0.25, -0.2) is 9.59 Å². The van der Waals surface area contributed by atoms with Crippen LogP contribution in [-0.4, -0.2) is 55.2 Å².